The minimum atomic E-state index is -3.34. The van der Waals surface area contributed by atoms with Crippen molar-refractivity contribution in [3.05, 3.63) is 17.0 Å². The van der Waals surface area contributed by atoms with Crippen molar-refractivity contribution in [1.82, 2.24) is 9.21 Å². The molecule has 1 aromatic heterocycles. The van der Waals surface area contributed by atoms with Crippen molar-refractivity contribution in [2.45, 2.75) is 17.6 Å². The summed E-state index contributed by atoms with van der Waals surface area (Å²) in [5.74, 6) is 0. The molecule has 7 heteroatoms. The molecular formula is C13H22N2O3S2. The fraction of sp³-hybridized carbons (Fsp3) is 0.692. The maximum atomic E-state index is 12.4. The van der Waals surface area contributed by atoms with Gasteiger partial charge in [-0.3, -0.25) is 4.90 Å². The van der Waals surface area contributed by atoms with Gasteiger partial charge in [0.1, 0.15) is 4.21 Å². The summed E-state index contributed by atoms with van der Waals surface area (Å²) in [6.07, 6.45) is 0.873. The van der Waals surface area contributed by atoms with Crippen LogP contribution in [0.5, 0.6) is 0 Å². The molecule has 20 heavy (non-hydrogen) atoms. The van der Waals surface area contributed by atoms with Gasteiger partial charge in [-0.05, 0) is 18.6 Å². The molecule has 1 fully saturated rings. The highest BCUT2D eigenvalue weighted by molar-refractivity contribution is 7.91. The summed E-state index contributed by atoms with van der Waals surface area (Å²) in [4.78, 5) is 3.34. The molecule has 2 heterocycles. The average molecular weight is 318 g/mol. The third kappa shape index (κ3) is 3.79. The van der Waals surface area contributed by atoms with Crippen LogP contribution in [0.4, 0.5) is 0 Å². The predicted molar refractivity (Wildman–Crippen MR) is 80.8 cm³/mol. The van der Waals surface area contributed by atoms with Gasteiger partial charge >= 0.3 is 0 Å². The van der Waals surface area contributed by atoms with Crippen LogP contribution in [0.1, 0.15) is 11.8 Å². The van der Waals surface area contributed by atoms with E-state index < -0.39 is 10.0 Å². The zero-order valence-electron chi connectivity index (χ0n) is 12.0. The van der Waals surface area contributed by atoms with Crippen molar-refractivity contribution < 1.29 is 13.2 Å². The molecule has 0 aromatic carbocycles. The maximum Gasteiger partial charge on any atom is 0.252 e. The van der Waals surface area contributed by atoms with Gasteiger partial charge in [-0.25, -0.2) is 8.42 Å². The van der Waals surface area contributed by atoms with Crippen LogP contribution in [0.15, 0.2) is 16.3 Å². The first kappa shape index (κ1) is 15.9. The fourth-order valence-corrected chi connectivity index (χ4v) is 4.74. The third-order valence-electron chi connectivity index (χ3n) is 3.48. The highest BCUT2D eigenvalue weighted by Crippen LogP contribution is 2.24. The second kappa shape index (κ2) is 7.00. The Kier molecular flexibility index (Phi) is 5.57. The molecule has 1 aromatic rings. The van der Waals surface area contributed by atoms with E-state index in [1.165, 1.54) is 15.6 Å². The number of rotatable bonds is 6. The first-order chi connectivity index (χ1) is 9.54. The van der Waals surface area contributed by atoms with Gasteiger partial charge in [0.25, 0.3) is 10.0 Å². The smallest absolute Gasteiger partial charge is 0.252 e. The van der Waals surface area contributed by atoms with Crippen LogP contribution in [0.3, 0.4) is 0 Å². The molecule has 0 amide bonds. The Labute approximate surface area is 125 Å². The number of thiophene rings is 1. The van der Waals surface area contributed by atoms with E-state index in [4.69, 9.17) is 4.74 Å². The van der Waals surface area contributed by atoms with Gasteiger partial charge in [0, 0.05) is 38.1 Å². The van der Waals surface area contributed by atoms with Gasteiger partial charge in [0.2, 0.25) is 0 Å². The highest BCUT2D eigenvalue weighted by Gasteiger charge is 2.23. The monoisotopic (exact) mass is 318 g/mol. The number of morpholine rings is 1. The summed E-state index contributed by atoms with van der Waals surface area (Å²) >= 11 is 1.37. The Morgan fingerprint density at radius 2 is 2.05 bits per heavy atom. The van der Waals surface area contributed by atoms with E-state index in [0.717, 1.165) is 44.1 Å². The maximum absolute atomic E-state index is 12.4. The van der Waals surface area contributed by atoms with E-state index in [0.29, 0.717) is 10.8 Å². The lowest BCUT2D eigenvalue weighted by atomic mass is 10.4. The highest BCUT2D eigenvalue weighted by atomic mass is 32.2. The van der Waals surface area contributed by atoms with Crippen LogP contribution in [-0.4, -0.2) is 64.1 Å². The van der Waals surface area contributed by atoms with E-state index in [1.54, 1.807) is 13.1 Å². The van der Waals surface area contributed by atoms with E-state index in [2.05, 4.69) is 4.90 Å². The fourth-order valence-electron chi connectivity index (χ4n) is 2.07. The van der Waals surface area contributed by atoms with Gasteiger partial charge in [-0.1, -0.05) is 6.92 Å². The first-order valence-electron chi connectivity index (χ1n) is 6.89. The number of aryl methyl sites for hydroxylation is 1. The van der Waals surface area contributed by atoms with E-state index >= 15 is 0 Å². The normalized spacial score (nSPS) is 17.8. The average Bonchev–Trinajstić information content (AvgIpc) is 2.95. The Balaban J connectivity index is 1.94. The largest absolute Gasteiger partial charge is 0.379 e. The number of nitrogens with zero attached hydrogens (tertiary/aromatic N) is 2. The van der Waals surface area contributed by atoms with Crippen molar-refractivity contribution >= 4 is 21.4 Å². The topological polar surface area (TPSA) is 49.9 Å². The molecule has 0 spiro atoms. The Bertz CT molecular complexity index is 521. The third-order valence-corrected chi connectivity index (χ3v) is 7.04. The summed E-state index contributed by atoms with van der Waals surface area (Å²) in [6, 6.07) is 3.61. The molecule has 1 saturated heterocycles. The van der Waals surface area contributed by atoms with Crippen molar-refractivity contribution in [2.24, 2.45) is 0 Å². The van der Waals surface area contributed by atoms with Crippen LogP contribution in [-0.2, 0) is 21.2 Å². The van der Waals surface area contributed by atoms with Gasteiger partial charge in [-0.2, -0.15) is 4.31 Å². The summed E-state index contributed by atoms with van der Waals surface area (Å²) < 4.78 is 32.0. The van der Waals surface area contributed by atoms with Crippen LogP contribution in [0.2, 0.25) is 0 Å². The van der Waals surface area contributed by atoms with E-state index in [-0.39, 0.29) is 0 Å². The number of hydrogen-bond donors (Lipinski definition) is 0. The van der Waals surface area contributed by atoms with E-state index in [1.807, 2.05) is 13.0 Å². The Hall–Kier alpha value is -0.470. The lowest BCUT2D eigenvalue weighted by Crippen LogP contribution is -2.41. The molecule has 0 bridgehead atoms. The summed E-state index contributed by atoms with van der Waals surface area (Å²) in [5.41, 5.74) is 0. The van der Waals surface area contributed by atoms with Crippen LogP contribution in [0, 0.1) is 0 Å². The van der Waals surface area contributed by atoms with Crippen LogP contribution >= 0.6 is 11.3 Å². The lowest BCUT2D eigenvalue weighted by molar-refractivity contribution is 0.0368. The minimum absolute atomic E-state index is 0.443. The number of ether oxygens (including phenoxy) is 1. The summed E-state index contributed by atoms with van der Waals surface area (Å²) in [5, 5.41) is 0. The molecule has 5 nitrogen and oxygen atoms in total. The molecule has 1 aliphatic rings. The second-order valence-electron chi connectivity index (χ2n) is 4.85. The van der Waals surface area contributed by atoms with Gasteiger partial charge in [-0.15, -0.1) is 11.3 Å². The SMILES string of the molecule is CCc1ccc(S(=O)(=O)N(C)CCN2CCOCC2)s1. The van der Waals surface area contributed by atoms with Crippen LogP contribution in [0.25, 0.3) is 0 Å². The van der Waals surface area contributed by atoms with Crippen molar-refractivity contribution in [1.29, 1.82) is 0 Å². The molecule has 0 saturated carbocycles. The molecule has 0 atom stereocenters. The summed E-state index contributed by atoms with van der Waals surface area (Å²) in [7, 11) is -1.68. The zero-order chi connectivity index (χ0) is 14.6. The Morgan fingerprint density at radius 3 is 2.65 bits per heavy atom. The first-order valence-corrected chi connectivity index (χ1v) is 9.15. The van der Waals surface area contributed by atoms with Crippen molar-refractivity contribution in [2.75, 3.05) is 46.4 Å². The van der Waals surface area contributed by atoms with Crippen molar-refractivity contribution in [3.8, 4) is 0 Å². The molecule has 0 N–H and O–H groups in total. The zero-order valence-corrected chi connectivity index (χ0v) is 13.7. The van der Waals surface area contributed by atoms with Crippen molar-refractivity contribution in [3.63, 3.8) is 0 Å². The predicted octanol–water partition coefficient (Wildman–Crippen LogP) is 1.26. The minimum Gasteiger partial charge on any atom is -0.379 e. The number of likely N-dealkylation sites (N-methyl/N-ethyl adjacent to an activating group) is 1. The van der Waals surface area contributed by atoms with E-state index in [9.17, 15) is 8.42 Å². The quantitative estimate of drug-likeness (QED) is 0.792. The van der Waals surface area contributed by atoms with Crippen LogP contribution < -0.4 is 0 Å². The molecular weight excluding hydrogens is 296 g/mol. The molecule has 0 unspecified atom stereocenters. The summed E-state index contributed by atoms with van der Waals surface area (Å²) in [6.45, 7) is 6.54. The lowest BCUT2D eigenvalue weighted by Gasteiger charge is -2.28. The molecule has 2 rings (SSSR count). The number of hydrogen-bond acceptors (Lipinski definition) is 5. The molecule has 1 aliphatic heterocycles. The van der Waals surface area contributed by atoms with Gasteiger partial charge in [0.15, 0.2) is 0 Å². The second-order valence-corrected chi connectivity index (χ2v) is 8.29. The molecule has 0 radical (unpaired) electrons. The van der Waals surface area contributed by atoms with Gasteiger partial charge in [0.05, 0.1) is 13.2 Å². The standard InChI is InChI=1S/C13H22N2O3S2/c1-3-12-4-5-13(19-12)20(16,17)14(2)6-7-15-8-10-18-11-9-15/h4-5H,3,6-11H2,1-2H3. The number of sulfonamides is 1. The molecule has 0 aliphatic carbocycles. The molecule has 114 valence electrons. The van der Waals surface area contributed by atoms with Gasteiger partial charge < -0.3 is 4.74 Å². The Morgan fingerprint density at radius 1 is 1.35 bits per heavy atom.